The third-order valence-electron chi connectivity index (χ3n) is 2.84. The van der Waals surface area contributed by atoms with Gasteiger partial charge in [-0.3, -0.25) is 5.10 Å². The van der Waals surface area contributed by atoms with E-state index in [0.717, 1.165) is 25.1 Å². The van der Waals surface area contributed by atoms with Crippen molar-refractivity contribution in [1.82, 2.24) is 25.1 Å². The summed E-state index contributed by atoms with van der Waals surface area (Å²) >= 11 is 5.87. The van der Waals surface area contributed by atoms with Crippen LogP contribution in [-0.2, 0) is 6.42 Å². The molecule has 0 aliphatic rings. The summed E-state index contributed by atoms with van der Waals surface area (Å²) in [5.41, 5.74) is 2.34. The lowest BCUT2D eigenvalue weighted by atomic mass is 10.1. The van der Waals surface area contributed by atoms with Crippen LogP contribution < -0.4 is 10.2 Å². The topological polar surface area (TPSA) is 82.6 Å². The number of aromatic amines is 1. The fourth-order valence-electron chi connectivity index (χ4n) is 1.73. The molecule has 0 atom stereocenters. The number of aromatic nitrogens is 5. The largest absolute Gasteiger partial charge is 0.354 e. The number of halogens is 1. The van der Waals surface area contributed by atoms with Crippen LogP contribution in [0.4, 0.5) is 11.9 Å². The minimum Gasteiger partial charge on any atom is -0.354 e. The molecule has 0 aromatic carbocycles. The van der Waals surface area contributed by atoms with E-state index in [1.807, 2.05) is 27.2 Å². The molecular weight excluding hydrogens is 278 g/mol. The maximum atomic E-state index is 5.87. The first-order valence-corrected chi connectivity index (χ1v) is 6.75. The summed E-state index contributed by atoms with van der Waals surface area (Å²) in [4.78, 5) is 14.1. The van der Waals surface area contributed by atoms with Crippen molar-refractivity contribution in [2.75, 3.05) is 30.9 Å². The molecule has 2 N–H and O–H groups in total. The zero-order valence-corrected chi connectivity index (χ0v) is 12.6. The number of anilines is 2. The average Bonchev–Trinajstić information content (AvgIpc) is 2.80. The Hall–Kier alpha value is -1.89. The fourth-order valence-corrected chi connectivity index (χ4v) is 1.88. The molecule has 20 heavy (non-hydrogen) atoms. The van der Waals surface area contributed by atoms with Crippen molar-refractivity contribution < 1.29 is 0 Å². The van der Waals surface area contributed by atoms with Crippen molar-refractivity contribution in [3.05, 3.63) is 22.7 Å². The number of hydrogen-bond acceptors (Lipinski definition) is 6. The molecule has 0 bridgehead atoms. The molecule has 0 aliphatic heterocycles. The highest BCUT2D eigenvalue weighted by atomic mass is 35.5. The second-order valence-corrected chi connectivity index (χ2v) is 5.01. The van der Waals surface area contributed by atoms with E-state index >= 15 is 0 Å². The molecule has 2 heterocycles. The molecule has 2 rings (SSSR count). The molecule has 2 aromatic heterocycles. The smallest absolute Gasteiger partial charge is 0.230 e. The van der Waals surface area contributed by atoms with Crippen LogP contribution >= 0.6 is 11.6 Å². The predicted octanol–water partition coefficient (Wildman–Crippen LogP) is 1.67. The third-order valence-corrected chi connectivity index (χ3v) is 3.01. The van der Waals surface area contributed by atoms with Crippen LogP contribution in [0.3, 0.4) is 0 Å². The number of nitrogens with zero attached hydrogens (tertiary/aromatic N) is 5. The minimum atomic E-state index is 0.192. The Morgan fingerprint density at radius 2 is 2.10 bits per heavy atom. The van der Waals surface area contributed by atoms with Gasteiger partial charge in [0.25, 0.3) is 0 Å². The Kier molecular flexibility index (Phi) is 4.73. The minimum absolute atomic E-state index is 0.192. The van der Waals surface area contributed by atoms with Crippen LogP contribution in [0.2, 0.25) is 5.28 Å². The van der Waals surface area contributed by atoms with Gasteiger partial charge in [0.15, 0.2) is 0 Å². The maximum absolute atomic E-state index is 5.87. The van der Waals surface area contributed by atoms with E-state index < -0.39 is 0 Å². The van der Waals surface area contributed by atoms with E-state index in [9.17, 15) is 0 Å². The van der Waals surface area contributed by atoms with Crippen LogP contribution in [0, 0.1) is 6.92 Å². The molecule has 0 fully saturated rings. The highest BCUT2D eigenvalue weighted by Crippen LogP contribution is 2.12. The molecule has 0 aliphatic carbocycles. The maximum Gasteiger partial charge on any atom is 0.230 e. The van der Waals surface area contributed by atoms with Gasteiger partial charge in [-0.15, -0.1) is 0 Å². The predicted molar refractivity (Wildman–Crippen MR) is 79.3 cm³/mol. The van der Waals surface area contributed by atoms with Crippen molar-refractivity contribution >= 4 is 23.5 Å². The molecule has 0 radical (unpaired) electrons. The summed E-state index contributed by atoms with van der Waals surface area (Å²) in [7, 11) is 3.72. The standard InChI is InChI=1S/C12H18ClN7/c1-8-9(7-15-19-8)5-4-6-14-11-16-10(13)17-12(18-11)20(2)3/h7H,4-6H2,1-3H3,(H,15,19)(H,14,16,17,18). The van der Waals surface area contributed by atoms with Crippen molar-refractivity contribution in [3.63, 3.8) is 0 Å². The van der Waals surface area contributed by atoms with E-state index in [2.05, 4.69) is 30.5 Å². The molecule has 0 amide bonds. The van der Waals surface area contributed by atoms with E-state index in [-0.39, 0.29) is 5.28 Å². The number of hydrogen-bond donors (Lipinski definition) is 2. The highest BCUT2D eigenvalue weighted by Gasteiger charge is 2.06. The van der Waals surface area contributed by atoms with E-state index in [1.54, 1.807) is 4.90 Å². The van der Waals surface area contributed by atoms with Crippen molar-refractivity contribution in [2.24, 2.45) is 0 Å². The summed E-state index contributed by atoms with van der Waals surface area (Å²) in [5, 5.41) is 10.3. The lowest BCUT2D eigenvalue weighted by Gasteiger charge is -2.11. The molecule has 0 unspecified atom stereocenters. The molecule has 8 heteroatoms. The zero-order chi connectivity index (χ0) is 14.5. The van der Waals surface area contributed by atoms with Gasteiger partial charge in [0, 0.05) is 26.3 Å². The van der Waals surface area contributed by atoms with E-state index in [0.29, 0.717) is 11.9 Å². The van der Waals surface area contributed by atoms with Crippen molar-refractivity contribution in [1.29, 1.82) is 0 Å². The van der Waals surface area contributed by atoms with Gasteiger partial charge in [-0.2, -0.15) is 20.1 Å². The van der Waals surface area contributed by atoms with E-state index in [1.165, 1.54) is 5.56 Å². The Bertz CT molecular complexity index is 567. The Labute approximate surface area is 122 Å². The molecule has 0 saturated carbocycles. The SMILES string of the molecule is Cc1[nH]ncc1CCCNc1nc(Cl)nc(N(C)C)n1. The molecular formula is C12H18ClN7. The number of rotatable bonds is 6. The van der Waals surface area contributed by atoms with Gasteiger partial charge >= 0.3 is 0 Å². The first-order valence-electron chi connectivity index (χ1n) is 6.38. The summed E-state index contributed by atoms with van der Waals surface area (Å²) in [6.07, 6.45) is 3.77. The Morgan fingerprint density at radius 1 is 1.30 bits per heavy atom. The van der Waals surface area contributed by atoms with E-state index in [4.69, 9.17) is 11.6 Å². The van der Waals surface area contributed by atoms with Gasteiger partial charge in [0.05, 0.1) is 6.20 Å². The van der Waals surface area contributed by atoms with Gasteiger partial charge in [-0.25, -0.2) is 0 Å². The molecule has 0 saturated heterocycles. The van der Waals surface area contributed by atoms with Gasteiger partial charge in [-0.1, -0.05) is 0 Å². The summed E-state index contributed by atoms with van der Waals surface area (Å²) in [6.45, 7) is 2.78. The quantitative estimate of drug-likeness (QED) is 0.789. The molecule has 2 aromatic rings. The molecule has 108 valence electrons. The number of nitrogens with one attached hydrogen (secondary N) is 2. The normalized spacial score (nSPS) is 10.6. The summed E-state index contributed by atoms with van der Waals surface area (Å²) in [6, 6.07) is 0. The Balaban J connectivity index is 1.86. The van der Waals surface area contributed by atoms with Crippen molar-refractivity contribution in [3.8, 4) is 0 Å². The van der Waals surface area contributed by atoms with Crippen LogP contribution in [0.5, 0.6) is 0 Å². The lowest BCUT2D eigenvalue weighted by molar-refractivity contribution is 0.842. The monoisotopic (exact) mass is 295 g/mol. The second-order valence-electron chi connectivity index (χ2n) is 4.67. The highest BCUT2D eigenvalue weighted by molar-refractivity contribution is 6.28. The molecule has 7 nitrogen and oxygen atoms in total. The van der Waals surface area contributed by atoms with Gasteiger partial charge in [-0.05, 0) is 36.9 Å². The van der Waals surface area contributed by atoms with Crippen LogP contribution in [0.15, 0.2) is 6.20 Å². The Morgan fingerprint density at radius 3 is 2.75 bits per heavy atom. The van der Waals surface area contributed by atoms with Gasteiger partial charge < -0.3 is 10.2 Å². The van der Waals surface area contributed by atoms with Crippen LogP contribution in [-0.4, -0.2) is 45.8 Å². The molecule has 0 spiro atoms. The second kappa shape index (κ2) is 6.51. The number of H-pyrrole nitrogens is 1. The summed E-state index contributed by atoms with van der Waals surface area (Å²) < 4.78 is 0. The zero-order valence-electron chi connectivity index (χ0n) is 11.8. The summed E-state index contributed by atoms with van der Waals surface area (Å²) in [5.74, 6) is 1.04. The van der Waals surface area contributed by atoms with Gasteiger partial charge in [0.2, 0.25) is 17.2 Å². The number of aryl methyl sites for hydroxylation is 2. The first-order chi connectivity index (χ1) is 9.56. The van der Waals surface area contributed by atoms with Crippen molar-refractivity contribution in [2.45, 2.75) is 19.8 Å². The first kappa shape index (κ1) is 14.5. The lowest BCUT2D eigenvalue weighted by Crippen LogP contribution is -2.15. The van der Waals surface area contributed by atoms with Crippen LogP contribution in [0.1, 0.15) is 17.7 Å². The van der Waals surface area contributed by atoms with Crippen LogP contribution in [0.25, 0.3) is 0 Å². The fraction of sp³-hybridized carbons (Fsp3) is 0.500. The average molecular weight is 296 g/mol. The van der Waals surface area contributed by atoms with Gasteiger partial charge in [0.1, 0.15) is 0 Å². The third kappa shape index (κ3) is 3.80.